The fourth-order valence-electron chi connectivity index (χ4n) is 7.09. The van der Waals surface area contributed by atoms with Crippen LogP contribution in [-0.2, 0) is 31.3 Å². The van der Waals surface area contributed by atoms with Gasteiger partial charge in [0.05, 0.1) is 34.8 Å². The number of ketones is 2. The number of hydrogen-bond acceptors (Lipinski definition) is 4. The summed E-state index contributed by atoms with van der Waals surface area (Å²) >= 11 is 0. The Balaban J connectivity index is -0.000000804. The second-order valence-electron chi connectivity index (χ2n) is 17.3. The molecule has 0 bridgehead atoms. The molecule has 0 atom stereocenters. The molecule has 2 aromatic carbocycles. The van der Waals surface area contributed by atoms with Crippen molar-refractivity contribution in [3.05, 3.63) is 95.5 Å². The standard InChI is InChI=1S/2C18H36O2.2C10H10O2.Ti/c2*1-2-3-4-5-6-7-8-9-10-11-12-13-14-15-16-17-18(19)20;2*1-8(11)7-10(12)9-5-3-2-4-6-9;/h2*2-17H2,1H3,(H,19,20);2*2-7,11H,1H3;/p+4/b;;2*8-7-;. The summed E-state index contributed by atoms with van der Waals surface area (Å²) < 4.78 is 0. The SMILES string of the molecule is C/C(O)=C/C(=[OH+])c1ccccc1.C/C(O)=C/C(=[OH+])c1ccccc1.CCCCCCCCCCCCCCCCCC(=O)[OH2+].CCCCCCCCCCCCCCCCCC(=O)[OH2+].[Ti]. The molecule has 0 saturated heterocycles. The Morgan fingerprint density at radius 3 is 0.800 bits per heavy atom. The zero-order valence-electron chi connectivity index (χ0n) is 41.7. The van der Waals surface area contributed by atoms with Gasteiger partial charge in [-0.1, -0.05) is 230 Å². The Bertz CT molecular complexity index is 1320. The molecule has 368 valence electrons. The molecule has 65 heavy (non-hydrogen) atoms. The molecule has 0 aliphatic rings. The molecular formula is C56H96O8Ti+4. The van der Waals surface area contributed by atoms with Crippen molar-refractivity contribution >= 4 is 23.5 Å². The predicted octanol–water partition coefficient (Wildman–Crippen LogP) is 15.1. The summed E-state index contributed by atoms with van der Waals surface area (Å²) in [7, 11) is 0. The summed E-state index contributed by atoms with van der Waals surface area (Å²) in [6, 6.07) is 18.1. The van der Waals surface area contributed by atoms with Gasteiger partial charge in [0.15, 0.2) is 0 Å². The second kappa shape index (κ2) is 51.5. The molecule has 0 aliphatic heterocycles. The Hall–Kier alpha value is -3.49. The summed E-state index contributed by atoms with van der Waals surface area (Å²) in [4.78, 5) is 39.6. The van der Waals surface area contributed by atoms with Gasteiger partial charge in [0.25, 0.3) is 0 Å². The van der Waals surface area contributed by atoms with E-state index in [1.54, 1.807) is 24.3 Å². The van der Waals surface area contributed by atoms with Gasteiger partial charge >= 0.3 is 23.5 Å². The van der Waals surface area contributed by atoms with Crippen LogP contribution >= 0.6 is 0 Å². The molecule has 8 N–H and O–H groups in total. The average molecular weight is 945 g/mol. The third-order valence-electron chi connectivity index (χ3n) is 10.8. The minimum atomic E-state index is -0.403. The van der Waals surface area contributed by atoms with Crippen LogP contribution in [0.5, 0.6) is 0 Å². The zero-order chi connectivity index (χ0) is 47.7. The molecule has 8 nitrogen and oxygen atoms in total. The fourth-order valence-corrected chi connectivity index (χ4v) is 7.09. The van der Waals surface area contributed by atoms with Crippen LogP contribution in [0, 0.1) is 0 Å². The van der Waals surface area contributed by atoms with E-state index in [2.05, 4.69) is 13.8 Å². The van der Waals surface area contributed by atoms with E-state index in [0.717, 1.165) is 25.7 Å². The molecule has 2 aromatic rings. The van der Waals surface area contributed by atoms with Crippen LogP contribution in [0.3, 0.4) is 0 Å². The van der Waals surface area contributed by atoms with Crippen LogP contribution in [0.15, 0.2) is 84.3 Å². The van der Waals surface area contributed by atoms with E-state index in [9.17, 15) is 19.2 Å². The molecule has 0 aromatic heterocycles. The molecule has 0 unspecified atom stereocenters. The molecule has 0 spiro atoms. The van der Waals surface area contributed by atoms with E-state index in [-0.39, 0.29) is 44.8 Å². The number of allylic oxidation sites excluding steroid dienone is 4. The average Bonchev–Trinajstić information content (AvgIpc) is 3.27. The Labute approximate surface area is 411 Å². The Kier molecular flexibility index (Phi) is 52.1. The van der Waals surface area contributed by atoms with E-state index >= 15 is 0 Å². The number of rotatable bonds is 36. The maximum Gasteiger partial charge on any atom is 0.515 e. The van der Waals surface area contributed by atoms with Crippen molar-refractivity contribution in [1.29, 1.82) is 0 Å². The topological polar surface area (TPSA) is 163 Å². The molecule has 9 heteroatoms. The first kappa shape index (κ1) is 65.8. The van der Waals surface area contributed by atoms with Crippen LogP contribution in [0.1, 0.15) is 244 Å². The maximum atomic E-state index is 10.4. The quantitative estimate of drug-likeness (QED) is 0.0174. The van der Waals surface area contributed by atoms with Gasteiger partial charge in [0, 0.05) is 31.3 Å². The minimum absolute atomic E-state index is 0. The number of hydrogen-bond donors (Lipinski definition) is 2. The molecule has 0 fully saturated rings. The van der Waals surface area contributed by atoms with E-state index in [0.29, 0.717) is 24.0 Å². The van der Waals surface area contributed by atoms with Crippen molar-refractivity contribution in [1.82, 2.24) is 0 Å². The van der Waals surface area contributed by atoms with Crippen LogP contribution in [-0.4, -0.2) is 53.5 Å². The molecule has 0 radical (unpaired) electrons. The fraction of sp³-hybridized carbons (Fsp3) is 0.643. The van der Waals surface area contributed by atoms with Crippen LogP contribution in [0.2, 0.25) is 0 Å². The molecule has 0 heterocycles. The largest absolute Gasteiger partial charge is 0.565 e. The van der Waals surface area contributed by atoms with Gasteiger partial charge in [-0.25, -0.2) is 0 Å². The number of unbranched alkanes of at least 4 members (excludes halogenated alkanes) is 28. The molecule has 2 rings (SSSR count). The van der Waals surface area contributed by atoms with Gasteiger partial charge in [0.2, 0.25) is 0 Å². The predicted molar refractivity (Wildman–Crippen MR) is 274 cm³/mol. The first-order chi connectivity index (χ1) is 30.9. The molecular weight excluding hydrogens is 848 g/mol. The van der Waals surface area contributed by atoms with Gasteiger partial charge in [-0.15, -0.1) is 0 Å². The van der Waals surface area contributed by atoms with Crippen molar-refractivity contribution < 1.29 is 61.3 Å². The molecule has 0 aliphatic carbocycles. The number of benzene rings is 2. The van der Waals surface area contributed by atoms with Crippen LogP contribution < -0.4 is 0 Å². The first-order valence-electron chi connectivity index (χ1n) is 25.4. The number of carbonyl (C=O) groups is 2. The van der Waals surface area contributed by atoms with Crippen LogP contribution in [0.4, 0.5) is 0 Å². The van der Waals surface area contributed by atoms with Crippen LogP contribution in [0.25, 0.3) is 0 Å². The summed E-state index contributed by atoms with van der Waals surface area (Å²) in [6.45, 7) is 7.57. The smallest absolute Gasteiger partial charge is 0.515 e. The number of aliphatic hydroxyl groups excluding tert-OH is 2. The van der Waals surface area contributed by atoms with E-state index in [1.165, 1.54) is 193 Å². The molecule has 0 amide bonds. The van der Waals surface area contributed by atoms with Gasteiger partial charge in [-0.3, -0.25) is 9.59 Å². The van der Waals surface area contributed by atoms with Crippen molar-refractivity contribution in [3.8, 4) is 0 Å². The summed E-state index contributed by atoms with van der Waals surface area (Å²) in [5.41, 5.74) is 1.40. The second-order valence-corrected chi connectivity index (χ2v) is 17.3. The third kappa shape index (κ3) is 53.0. The Morgan fingerprint density at radius 2 is 0.615 bits per heavy atom. The van der Waals surface area contributed by atoms with Crippen molar-refractivity contribution in [2.24, 2.45) is 0 Å². The molecule has 0 saturated carbocycles. The van der Waals surface area contributed by atoms with E-state index in [1.807, 2.05) is 36.4 Å². The Morgan fingerprint density at radius 1 is 0.415 bits per heavy atom. The van der Waals surface area contributed by atoms with E-state index < -0.39 is 11.9 Å². The van der Waals surface area contributed by atoms with Crippen molar-refractivity contribution in [2.75, 3.05) is 0 Å². The minimum Gasteiger partial charge on any atom is -0.565 e. The van der Waals surface area contributed by atoms with Gasteiger partial charge in [-0.2, -0.15) is 0 Å². The zero-order valence-corrected chi connectivity index (χ0v) is 43.2. The number of carbonyl (C=O) groups excluding carboxylic acids is 4. The summed E-state index contributed by atoms with van der Waals surface area (Å²) in [5.74, 6) is -0.460. The normalized spacial score (nSPS) is 10.8. The van der Waals surface area contributed by atoms with E-state index in [4.69, 9.17) is 20.4 Å². The maximum absolute atomic E-state index is 10.4. The third-order valence-corrected chi connectivity index (χ3v) is 10.8. The van der Waals surface area contributed by atoms with Crippen molar-refractivity contribution in [3.63, 3.8) is 0 Å². The van der Waals surface area contributed by atoms with Gasteiger partial charge < -0.3 is 20.4 Å². The van der Waals surface area contributed by atoms with Gasteiger partial charge in [0.1, 0.15) is 12.8 Å². The summed E-state index contributed by atoms with van der Waals surface area (Å²) in [5, 5.41) is 31.4. The first-order valence-corrected chi connectivity index (χ1v) is 25.4. The van der Waals surface area contributed by atoms with Gasteiger partial charge in [-0.05, 0) is 51.0 Å². The summed E-state index contributed by atoms with van der Waals surface area (Å²) in [6.07, 6.45) is 43.7. The van der Waals surface area contributed by atoms with Crippen molar-refractivity contribution in [2.45, 2.75) is 233 Å². The number of aliphatic hydroxyl groups is 2. The monoisotopic (exact) mass is 945 g/mol.